The van der Waals surface area contributed by atoms with E-state index >= 15 is 0 Å². The number of unbranched alkanes of at least 4 members (excludes halogenated alkanes) is 1. The van der Waals surface area contributed by atoms with Gasteiger partial charge >= 0.3 is 0 Å². The van der Waals surface area contributed by atoms with Crippen LogP contribution in [-0.2, 0) is 0 Å². The maximum absolute atomic E-state index is 8.11. The second kappa shape index (κ2) is 36.4. The summed E-state index contributed by atoms with van der Waals surface area (Å²) in [5.74, 6) is 0. The first-order chi connectivity index (χ1) is 7.60. The first-order valence-electron chi connectivity index (χ1n) is 5.16. The Morgan fingerprint density at radius 1 is 0.875 bits per heavy atom. The van der Waals surface area contributed by atoms with E-state index in [4.69, 9.17) is 30.6 Å². The minimum atomic E-state index is -0.560. The molecule has 0 aromatic heterocycles. The van der Waals surface area contributed by atoms with Gasteiger partial charge < -0.3 is 30.6 Å². The molecule has 6 nitrogen and oxygen atoms in total. The Kier molecular flexibility index (Phi) is 56.5. The molecule has 6 heteroatoms. The summed E-state index contributed by atoms with van der Waals surface area (Å²) in [4.78, 5) is 0. The first kappa shape index (κ1) is 24.8. The van der Waals surface area contributed by atoms with E-state index in [1.807, 2.05) is 0 Å². The van der Waals surface area contributed by atoms with Crippen LogP contribution in [0.4, 0.5) is 0 Å². The lowest BCUT2D eigenvalue weighted by Gasteiger charge is -1.90. The fourth-order valence-corrected chi connectivity index (χ4v) is 0.158. The highest BCUT2D eigenvalue weighted by atomic mass is 16.3. The highest BCUT2D eigenvalue weighted by molar-refractivity contribution is 4.34. The summed E-state index contributed by atoms with van der Waals surface area (Å²) in [6.07, 6.45) is 1.48. The molecule has 0 fully saturated rings. The molecule has 6 N–H and O–H groups in total. The van der Waals surface area contributed by atoms with Crippen LogP contribution < -0.4 is 0 Å². The summed E-state index contributed by atoms with van der Waals surface area (Å²) in [5.41, 5.74) is 0. The first-order valence-corrected chi connectivity index (χ1v) is 5.16. The molecule has 0 aromatic carbocycles. The number of aliphatic hydroxyl groups is 6. The summed E-state index contributed by atoms with van der Waals surface area (Å²) in [5, 5.41) is 46.3. The molecule has 104 valence electrons. The highest BCUT2D eigenvalue weighted by Crippen LogP contribution is 1.78. The van der Waals surface area contributed by atoms with Gasteiger partial charge in [-0.15, -0.1) is 0 Å². The van der Waals surface area contributed by atoms with Gasteiger partial charge in [-0.2, -0.15) is 0 Å². The molecule has 0 radical (unpaired) electrons. The van der Waals surface area contributed by atoms with Gasteiger partial charge in [-0.05, 0) is 13.3 Å². The fraction of sp³-hybridized carbons (Fsp3) is 1.00. The molecular formula is C10H28O6. The van der Waals surface area contributed by atoms with Crippen molar-refractivity contribution >= 4 is 0 Å². The molecule has 16 heavy (non-hydrogen) atoms. The van der Waals surface area contributed by atoms with Crippen LogP contribution in [0.25, 0.3) is 0 Å². The molecule has 0 aliphatic rings. The summed E-state index contributed by atoms with van der Waals surface area (Å²) in [6, 6.07) is 0. The van der Waals surface area contributed by atoms with Crippen LogP contribution in [0.3, 0.4) is 0 Å². The quantitative estimate of drug-likeness (QED) is 0.366. The van der Waals surface area contributed by atoms with Gasteiger partial charge in [-0.25, -0.2) is 0 Å². The van der Waals surface area contributed by atoms with Crippen LogP contribution in [0.1, 0.15) is 26.7 Å². The van der Waals surface area contributed by atoms with Crippen molar-refractivity contribution in [2.24, 2.45) is 0 Å². The van der Waals surface area contributed by atoms with Gasteiger partial charge in [-0.3, -0.25) is 0 Å². The predicted molar refractivity (Wildman–Crippen MR) is 63.1 cm³/mol. The van der Waals surface area contributed by atoms with E-state index in [0.717, 1.165) is 20.0 Å². The zero-order valence-electron chi connectivity index (χ0n) is 10.5. The van der Waals surface area contributed by atoms with E-state index in [2.05, 4.69) is 6.92 Å². The van der Waals surface area contributed by atoms with Crippen molar-refractivity contribution in [3.63, 3.8) is 0 Å². The average Bonchev–Trinajstić information content (AvgIpc) is 2.33. The third-order valence-electron chi connectivity index (χ3n) is 0.876. The van der Waals surface area contributed by atoms with E-state index in [-0.39, 0.29) is 19.8 Å². The number of aliphatic hydroxyl groups excluding tert-OH is 6. The molecule has 0 aliphatic heterocycles. The lowest BCUT2D eigenvalue weighted by molar-refractivity contribution is 0.110. The van der Waals surface area contributed by atoms with Gasteiger partial charge in [0.15, 0.2) is 0 Å². The molecule has 0 rings (SSSR count). The molecule has 0 bridgehead atoms. The van der Waals surface area contributed by atoms with Crippen molar-refractivity contribution in [1.29, 1.82) is 0 Å². The molecule has 1 atom stereocenters. The van der Waals surface area contributed by atoms with Crippen LogP contribution in [0.2, 0.25) is 0 Å². The Bertz CT molecular complexity index is 66.3. The maximum Gasteiger partial charge on any atom is 0.0742 e. The Morgan fingerprint density at radius 2 is 1.19 bits per heavy atom. The van der Waals surface area contributed by atoms with Gasteiger partial charge in [-0.1, -0.05) is 13.3 Å². The molecule has 1 unspecified atom stereocenters. The van der Waals surface area contributed by atoms with Crippen LogP contribution in [-0.4, -0.2) is 70.3 Å². The van der Waals surface area contributed by atoms with Crippen molar-refractivity contribution in [1.82, 2.24) is 0 Å². The number of hydrogen-bond acceptors (Lipinski definition) is 6. The molecule has 0 aromatic rings. The Balaban J connectivity index is -0.0000000629. The molecule has 0 saturated heterocycles. The summed E-state index contributed by atoms with van der Waals surface area (Å²) >= 11 is 0. The highest BCUT2D eigenvalue weighted by Gasteiger charge is 1.83. The summed E-state index contributed by atoms with van der Waals surface area (Å²) < 4.78 is 0. The van der Waals surface area contributed by atoms with Crippen LogP contribution >= 0.6 is 0 Å². The lowest BCUT2D eigenvalue weighted by atomic mass is 10.4. The summed E-state index contributed by atoms with van der Waals surface area (Å²) in [7, 11) is 1.00. The lowest BCUT2D eigenvalue weighted by Crippen LogP contribution is -2.03. The standard InChI is InChI=1S/C4H10O.C3H8O2.C2H6O2.CH4O/c1-2-3-4-5;1-3(5)2-4;3-1-2-4;1-2/h5H,2-4H2,1H3;3-5H,2H2,1H3;3-4H,1-2H2;2H,1H3. The maximum atomic E-state index is 8.11. The Morgan fingerprint density at radius 3 is 1.19 bits per heavy atom. The van der Waals surface area contributed by atoms with Crippen molar-refractivity contribution in [2.75, 3.05) is 33.5 Å². The van der Waals surface area contributed by atoms with Crippen LogP contribution in [0.15, 0.2) is 0 Å². The van der Waals surface area contributed by atoms with Crippen molar-refractivity contribution in [3.05, 3.63) is 0 Å². The molecule has 0 aliphatic carbocycles. The average molecular weight is 244 g/mol. The largest absolute Gasteiger partial charge is 0.400 e. The third-order valence-corrected chi connectivity index (χ3v) is 0.876. The van der Waals surface area contributed by atoms with Gasteiger partial charge in [0.25, 0.3) is 0 Å². The molecule has 0 spiro atoms. The van der Waals surface area contributed by atoms with Gasteiger partial charge in [0.05, 0.1) is 25.9 Å². The predicted octanol–water partition coefficient (Wildman–Crippen LogP) is -1.28. The van der Waals surface area contributed by atoms with E-state index < -0.39 is 6.10 Å². The van der Waals surface area contributed by atoms with E-state index in [1.165, 1.54) is 6.92 Å². The summed E-state index contributed by atoms with van der Waals surface area (Å²) in [6.45, 7) is 3.53. The molecule has 0 saturated carbocycles. The van der Waals surface area contributed by atoms with E-state index in [1.54, 1.807) is 0 Å². The SMILES string of the molecule is CC(O)CO.CCCCO.CO.OCCO. The normalized spacial score (nSPS) is 9.56. The number of rotatable bonds is 4. The topological polar surface area (TPSA) is 121 Å². The van der Waals surface area contributed by atoms with Gasteiger partial charge in [0.2, 0.25) is 0 Å². The third kappa shape index (κ3) is 98.9. The Labute approximate surface area is 97.8 Å². The minimum Gasteiger partial charge on any atom is -0.400 e. The Hall–Kier alpha value is -0.240. The van der Waals surface area contributed by atoms with Crippen molar-refractivity contribution in [2.45, 2.75) is 32.8 Å². The molecular weight excluding hydrogens is 216 g/mol. The fourth-order valence-electron chi connectivity index (χ4n) is 0.158. The zero-order valence-corrected chi connectivity index (χ0v) is 10.5. The number of hydrogen-bond donors (Lipinski definition) is 6. The molecule has 0 heterocycles. The van der Waals surface area contributed by atoms with Gasteiger partial charge in [0, 0.05) is 13.7 Å². The monoisotopic (exact) mass is 244 g/mol. The second-order valence-corrected chi connectivity index (χ2v) is 2.56. The smallest absolute Gasteiger partial charge is 0.0742 e. The second-order valence-electron chi connectivity index (χ2n) is 2.56. The van der Waals surface area contributed by atoms with E-state index in [0.29, 0.717) is 6.61 Å². The van der Waals surface area contributed by atoms with Crippen molar-refractivity contribution < 1.29 is 30.6 Å². The zero-order chi connectivity index (χ0) is 13.8. The van der Waals surface area contributed by atoms with E-state index in [9.17, 15) is 0 Å². The van der Waals surface area contributed by atoms with Crippen molar-refractivity contribution in [3.8, 4) is 0 Å². The van der Waals surface area contributed by atoms with Crippen LogP contribution in [0, 0.1) is 0 Å². The van der Waals surface area contributed by atoms with Crippen LogP contribution in [0.5, 0.6) is 0 Å². The van der Waals surface area contributed by atoms with Gasteiger partial charge in [0.1, 0.15) is 0 Å². The molecule has 0 amide bonds. The minimum absolute atomic E-state index is 0.125.